The van der Waals surface area contributed by atoms with E-state index < -0.39 is 5.97 Å². The normalized spacial score (nSPS) is 10.2. The highest BCUT2D eigenvalue weighted by atomic mass is 35.5. The van der Waals surface area contributed by atoms with Crippen molar-refractivity contribution in [3.8, 4) is 0 Å². The zero-order valence-corrected chi connectivity index (χ0v) is 9.88. The van der Waals surface area contributed by atoms with Gasteiger partial charge in [-0.2, -0.15) is 0 Å². The van der Waals surface area contributed by atoms with Crippen molar-refractivity contribution in [1.29, 1.82) is 0 Å². The molecule has 0 heterocycles. The van der Waals surface area contributed by atoms with E-state index in [1.54, 1.807) is 0 Å². The van der Waals surface area contributed by atoms with Crippen LogP contribution in [-0.4, -0.2) is 24.3 Å². The predicted molar refractivity (Wildman–Crippen MR) is 62.9 cm³/mol. The van der Waals surface area contributed by atoms with Crippen LogP contribution < -0.4 is 5.73 Å². The molecule has 0 bridgehead atoms. The van der Waals surface area contributed by atoms with E-state index >= 15 is 0 Å². The standard InChI is InChI=1S/C10H11Cl2NO3/c11-7-4-6(5-8(13)9(7)12)10(15)16-3-1-2-14/h4-5,14H,1-3,13H2. The molecule has 0 saturated carbocycles. The zero-order chi connectivity index (χ0) is 12.1. The maximum atomic E-state index is 11.5. The number of halogens is 2. The smallest absolute Gasteiger partial charge is 0.338 e. The van der Waals surface area contributed by atoms with Crippen LogP contribution in [0.15, 0.2) is 12.1 Å². The molecule has 3 N–H and O–H groups in total. The Hall–Kier alpha value is -0.970. The minimum absolute atomic E-state index is 0.0310. The van der Waals surface area contributed by atoms with E-state index in [9.17, 15) is 4.79 Å². The molecular formula is C10H11Cl2NO3. The predicted octanol–water partition coefficient (Wildman–Crippen LogP) is 2.11. The van der Waals surface area contributed by atoms with E-state index in [1.807, 2.05) is 0 Å². The van der Waals surface area contributed by atoms with Gasteiger partial charge < -0.3 is 15.6 Å². The molecule has 0 amide bonds. The molecule has 4 nitrogen and oxygen atoms in total. The summed E-state index contributed by atoms with van der Waals surface area (Å²) in [6.45, 7) is 0.117. The average Bonchev–Trinajstić information content (AvgIpc) is 2.25. The van der Waals surface area contributed by atoms with Gasteiger partial charge in [0, 0.05) is 13.0 Å². The maximum Gasteiger partial charge on any atom is 0.338 e. The molecule has 0 aliphatic heterocycles. The van der Waals surface area contributed by atoms with Crippen molar-refractivity contribution in [1.82, 2.24) is 0 Å². The summed E-state index contributed by atoms with van der Waals surface area (Å²) in [6.07, 6.45) is 0.391. The van der Waals surface area contributed by atoms with E-state index in [-0.39, 0.29) is 34.5 Å². The summed E-state index contributed by atoms with van der Waals surface area (Å²) < 4.78 is 4.86. The Bertz CT molecular complexity index is 373. The fourth-order valence-electron chi connectivity index (χ4n) is 1.04. The molecular weight excluding hydrogens is 253 g/mol. The van der Waals surface area contributed by atoms with Crippen LogP contribution in [0, 0.1) is 0 Å². The Morgan fingerprint density at radius 2 is 2.12 bits per heavy atom. The van der Waals surface area contributed by atoms with Crippen molar-refractivity contribution in [2.45, 2.75) is 6.42 Å². The van der Waals surface area contributed by atoms with Gasteiger partial charge in [-0.15, -0.1) is 0 Å². The monoisotopic (exact) mass is 263 g/mol. The summed E-state index contributed by atoms with van der Waals surface area (Å²) in [4.78, 5) is 11.5. The highest BCUT2D eigenvalue weighted by molar-refractivity contribution is 6.43. The molecule has 0 unspecified atom stereocenters. The summed E-state index contributed by atoms with van der Waals surface area (Å²) in [5.74, 6) is -0.543. The Kier molecular flexibility index (Phi) is 4.86. The van der Waals surface area contributed by atoms with Crippen LogP contribution in [0.25, 0.3) is 0 Å². The molecule has 0 aromatic heterocycles. The Morgan fingerprint density at radius 3 is 2.69 bits per heavy atom. The second-order valence-electron chi connectivity index (χ2n) is 3.07. The van der Waals surface area contributed by atoms with E-state index in [0.29, 0.717) is 6.42 Å². The molecule has 6 heteroatoms. The van der Waals surface area contributed by atoms with Gasteiger partial charge in [0.25, 0.3) is 0 Å². The van der Waals surface area contributed by atoms with Crippen LogP contribution in [-0.2, 0) is 4.74 Å². The number of hydrogen-bond donors (Lipinski definition) is 2. The zero-order valence-electron chi connectivity index (χ0n) is 8.37. The molecule has 0 radical (unpaired) electrons. The second-order valence-corrected chi connectivity index (χ2v) is 3.86. The molecule has 0 saturated heterocycles. The van der Waals surface area contributed by atoms with Gasteiger partial charge in [-0.1, -0.05) is 23.2 Å². The van der Waals surface area contributed by atoms with Crippen molar-refractivity contribution < 1.29 is 14.6 Å². The topological polar surface area (TPSA) is 72.6 Å². The maximum absolute atomic E-state index is 11.5. The van der Waals surface area contributed by atoms with Crippen LogP contribution in [0.5, 0.6) is 0 Å². The molecule has 0 aliphatic rings. The Morgan fingerprint density at radius 1 is 1.44 bits per heavy atom. The number of nitrogen functional groups attached to an aromatic ring is 1. The summed E-state index contributed by atoms with van der Waals surface area (Å²) in [5.41, 5.74) is 6.02. The molecule has 88 valence electrons. The fraction of sp³-hybridized carbons (Fsp3) is 0.300. The lowest BCUT2D eigenvalue weighted by Crippen LogP contribution is -2.08. The molecule has 0 atom stereocenters. The SMILES string of the molecule is Nc1cc(C(=O)OCCCO)cc(Cl)c1Cl. The van der Waals surface area contributed by atoms with Crippen LogP contribution in [0.4, 0.5) is 5.69 Å². The van der Waals surface area contributed by atoms with Gasteiger partial charge in [-0.25, -0.2) is 4.79 Å². The van der Waals surface area contributed by atoms with Crippen molar-refractivity contribution in [2.75, 3.05) is 18.9 Å². The van der Waals surface area contributed by atoms with Gasteiger partial charge in [0.2, 0.25) is 0 Å². The van der Waals surface area contributed by atoms with Gasteiger partial charge in [-0.3, -0.25) is 0 Å². The van der Waals surface area contributed by atoms with E-state index in [0.717, 1.165) is 0 Å². The quantitative estimate of drug-likeness (QED) is 0.496. The van der Waals surface area contributed by atoms with Crippen molar-refractivity contribution in [2.24, 2.45) is 0 Å². The highest BCUT2D eigenvalue weighted by Crippen LogP contribution is 2.29. The molecule has 0 fully saturated rings. The minimum Gasteiger partial charge on any atom is -0.462 e. The van der Waals surface area contributed by atoms with Crippen molar-refractivity contribution in [3.63, 3.8) is 0 Å². The summed E-state index contributed by atoms with van der Waals surface area (Å²) >= 11 is 11.5. The first-order valence-electron chi connectivity index (χ1n) is 4.58. The fourth-order valence-corrected chi connectivity index (χ4v) is 1.38. The van der Waals surface area contributed by atoms with E-state index in [4.69, 9.17) is 38.8 Å². The average molecular weight is 264 g/mol. The van der Waals surface area contributed by atoms with Gasteiger partial charge in [0.05, 0.1) is 27.9 Å². The number of rotatable bonds is 4. The number of esters is 1. The number of aliphatic hydroxyl groups is 1. The van der Waals surface area contributed by atoms with E-state index in [2.05, 4.69) is 0 Å². The van der Waals surface area contributed by atoms with Crippen LogP contribution >= 0.6 is 23.2 Å². The lowest BCUT2D eigenvalue weighted by atomic mass is 10.2. The first kappa shape index (κ1) is 13.1. The highest BCUT2D eigenvalue weighted by Gasteiger charge is 2.12. The number of nitrogens with two attached hydrogens (primary N) is 1. The lowest BCUT2D eigenvalue weighted by molar-refractivity contribution is 0.0482. The van der Waals surface area contributed by atoms with Gasteiger partial charge in [0.15, 0.2) is 0 Å². The first-order chi connectivity index (χ1) is 7.56. The molecule has 16 heavy (non-hydrogen) atoms. The van der Waals surface area contributed by atoms with Crippen molar-refractivity contribution >= 4 is 34.9 Å². The largest absolute Gasteiger partial charge is 0.462 e. The first-order valence-corrected chi connectivity index (χ1v) is 5.34. The summed E-state index contributed by atoms with van der Waals surface area (Å²) in [6, 6.07) is 2.79. The van der Waals surface area contributed by atoms with E-state index in [1.165, 1.54) is 12.1 Å². The molecule has 0 spiro atoms. The molecule has 0 aliphatic carbocycles. The number of aliphatic hydroxyl groups excluding tert-OH is 1. The van der Waals surface area contributed by atoms with Gasteiger partial charge in [0.1, 0.15) is 0 Å². The third-order valence-electron chi connectivity index (χ3n) is 1.83. The Labute approximate surface area is 103 Å². The van der Waals surface area contributed by atoms with Gasteiger partial charge in [-0.05, 0) is 12.1 Å². The van der Waals surface area contributed by atoms with Gasteiger partial charge >= 0.3 is 5.97 Å². The number of benzene rings is 1. The van der Waals surface area contributed by atoms with Crippen molar-refractivity contribution in [3.05, 3.63) is 27.7 Å². The number of ether oxygens (including phenoxy) is 1. The summed E-state index contributed by atoms with van der Waals surface area (Å²) in [7, 11) is 0. The number of carbonyl (C=O) groups excluding carboxylic acids is 1. The minimum atomic E-state index is -0.543. The van der Waals surface area contributed by atoms with Crippen LogP contribution in [0.3, 0.4) is 0 Å². The second kappa shape index (κ2) is 5.94. The number of hydrogen-bond acceptors (Lipinski definition) is 4. The molecule has 1 aromatic rings. The number of carbonyl (C=O) groups is 1. The Balaban J connectivity index is 2.76. The lowest BCUT2D eigenvalue weighted by Gasteiger charge is -2.06. The van der Waals surface area contributed by atoms with Crippen LogP contribution in [0.2, 0.25) is 10.0 Å². The summed E-state index contributed by atoms with van der Waals surface area (Å²) in [5, 5.41) is 8.95. The van der Waals surface area contributed by atoms with Crippen LogP contribution in [0.1, 0.15) is 16.8 Å². The number of anilines is 1. The molecule has 1 aromatic carbocycles. The third-order valence-corrected chi connectivity index (χ3v) is 2.64. The molecule has 1 rings (SSSR count). The third kappa shape index (κ3) is 3.27.